The van der Waals surface area contributed by atoms with Gasteiger partial charge in [0, 0.05) is 62.8 Å². The molecule has 4 amide bonds. The minimum Gasteiger partial charge on any atom is -0.395 e. The first-order valence-electron chi connectivity index (χ1n) is 25.4. The van der Waals surface area contributed by atoms with Crippen molar-refractivity contribution in [3.05, 3.63) is 154 Å². The van der Waals surface area contributed by atoms with Crippen LogP contribution in [0.25, 0.3) is 33.5 Å². The Balaban J connectivity index is 0.677. The summed E-state index contributed by atoms with van der Waals surface area (Å²) in [6.07, 6.45) is 0.333. The second-order valence-electron chi connectivity index (χ2n) is 20.1. The number of pyridine rings is 1. The van der Waals surface area contributed by atoms with E-state index in [0.717, 1.165) is 22.3 Å². The number of likely N-dealkylation sites (tertiary alicyclic amines) is 1. The van der Waals surface area contributed by atoms with Crippen LogP contribution in [0, 0.1) is 6.92 Å². The maximum atomic E-state index is 13.7. The topological polar surface area (TPSA) is 212 Å². The molecule has 7 aromatic rings. The molecule has 5 heterocycles. The van der Waals surface area contributed by atoms with Crippen LogP contribution in [0.15, 0.2) is 120 Å². The summed E-state index contributed by atoms with van der Waals surface area (Å²) >= 11 is 0. The fourth-order valence-electron chi connectivity index (χ4n) is 10.0. The lowest BCUT2D eigenvalue weighted by Crippen LogP contribution is -2.49. The van der Waals surface area contributed by atoms with Gasteiger partial charge in [-0.25, -0.2) is 9.97 Å². The molecule has 0 radical (unpaired) electrons. The van der Waals surface area contributed by atoms with Gasteiger partial charge in [-0.2, -0.15) is 5.10 Å². The Morgan fingerprint density at radius 3 is 2.33 bits per heavy atom. The number of piperidine rings is 1. The number of alkyl halides is 2. The first kappa shape index (κ1) is 51.2. The Morgan fingerprint density at radius 1 is 0.829 bits per heavy atom. The number of carbonyl (C=O) groups excluding carboxylic acids is 4. The molecule has 3 aliphatic rings. The van der Waals surface area contributed by atoms with Crippen LogP contribution >= 0.6 is 0 Å². The lowest BCUT2D eigenvalue weighted by molar-refractivity contribution is -0.286. The zero-order valence-electron chi connectivity index (χ0n) is 42.3. The van der Waals surface area contributed by atoms with Crippen LogP contribution < -0.4 is 31.0 Å². The number of aliphatic hydroxyl groups is 1. The highest BCUT2D eigenvalue weighted by Gasteiger charge is 2.53. The van der Waals surface area contributed by atoms with Gasteiger partial charge in [-0.15, -0.1) is 8.78 Å². The molecule has 2 fully saturated rings. The van der Waals surface area contributed by atoms with Crippen molar-refractivity contribution in [2.75, 3.05) is 25.0 Å². The SMILES string of the molecule is Cc1ccc(NC(=O)C2(c3ccc4c(c3)OC(F)(F)O4)CC2)nc1-c1cccc(C(=O)NCCCC(=O)NCc2ccc(-c3c4ncn(CC5(O)CCN(C(=O)C[C@@H](C)c6ccccc6)CC5)c(=O)c4nn3C)cc2)c1. The van der Waals surface area contributed by atoms with Crippen molar-refractivity contribution in [3.8, 4) is 34.0 Å². The van der Waals surface area contributed by atoms with E-state index in [1.54, 1.807) is 47.0 Å². The van der Waals surface area contributed by atoms with Crippen LogP contribution in [0.3, 0.4) is 0 Å². The molecular formula is C57H57F2N9O8. The summed E-state index contributed by atoms with van der Waals surface area (Å²) in [5, 5.41) is 24.8. The van der Waals surface area contributed by atoms with E-state index in [9.17, 15) is 37.9 Å². The zero-order valence-corrected chi connectivity index (χ0v) is 42.3. The summed E-state index contributed by atoms with van der Waals surface area (Å²) in [7, 11) is 1.74. The Bertz CT molecular complexity index is 3420. The second-order valence-corrected chi connectivity index (χ2v) is 20.1. The minimum atomic E-state index is -3.76. The molecule has 19 heteroatoms. The number of aromatic nitrogens is 5. The molecule has 76 heavy (non-hydrogen) atoms. The monoisotopic (exact) mass is 1030 g/mol. The van der Waals surface area contributed by atoms with E-state index in [4.69, 9.17) is 4.98 Å². The van der Waals surface area contributed by atoms with Crippen molar-refractivity contribution >= 4 is 40.5 Å². The van der Waals surface area contributed by atoms with Crippen LogP contribution in [0.1, 0.15) is 90.4 Å². The number of nitrogens with zero attached hydrogens (tertiary/aromatic N) is 6. The van der Waals surface area contributed by atoms with Gasteiger partial charge in [0.1, 0.15) is 11.3 Å². The minimum absolute atomic E-state index is 0.0287. The Kier molecular flexibility index (Phi) is 14.0. The molecule has 2 aliphatic heterocycles. The highest BCUT2D eigenvalue weighted by Crippen LogP contribution is 2.52. The van der Waals surface area contributed by atoms with E-state index in [1.807, 2.05) is 80.6 Å². The summed E-state index contributed by atoms with van der Waals surface area (Å²) in [6.45, 7) is 5.25. The maximum absolute atomic E-state index is 13.7. The van der Waals surface area contributed by atoms with Gasteiger partial charge >= 0.3 is 6.29 Å². The summed E-state index contributed by atoms with van der Waals surface area (Å²) in [5.74, 6) is -0.642. The number of hydrogen-bond acceptors (Lipinski definition) is 11. The lowest BCUT2D eigenvalue weighted by Gasteiger charge is -2.38. The van der Waals surface area contributed by atoms with Crippen molar-refractivity contribution in [2.45, 2.75) is 95.1 Å². The van der Waals surface area contributed by atoms with E-state index in [1.165, 1.54) is 23.0 Å². The number of aryl methyl sites for hydroxylation is 2. The first-order valence-corrected chi connectivity index (χ1v) is 25.4. The normalized spacial score (nSPS) is 16.2. The predicted octanol–water partition coefficient (Wildman–Crippen LogP) is 7.53. The molecule has 1 saturated carbocycles. The number of carbonyl (C=O) groups is 4. The fourth-order valence-corrected chi connectivity index (χ4v) is 10.0. The molecule has 1 aliphatic carbocycles. The molecule has 3 aromatic heterocycles. The number of amides is 4. The van der Waals surface area contributed by atoms with Crippen LogP contribution in [-0.2, 0) is 39.9 Å². The van der Waals surface area contributed by atoms with E-state index in [2.05, 4.69) is 35.5 Å². The van der Waals surface area contributed by atoms with E-state index in [0.29, 0.717) is 91.0 Å². The molecule has 0 unspecified atom stereocenters. The summed E-state index contributed by atoms with van der Waals surface area (Å²) in [4.78, 5) is 77.7. The van der Waals surface area contributed by atoms with Gasteiger partial charge in [-0.1, -0.05) is 85.8 Å². The number of hydrogen-bond donors (Lipinski definition) is 4. The number of ether oxygens (including phenoxy) is 2. The van der Waals surface area contributed by atoms with Gasteiger partial charge in [0.25, 0.3) is 11.5 Å². The third kappa shape index (κ3) is 10.9. The van der Waals surface area contributed by atoms with Crippen molar-refractivity contribution in [1.29, 1.82) is 0 Å². The fraction of sp³-hybridized carbons (Fsp3) is 0.333. The second kappa shape index (κ2) is 20.8. The number of fused-ring (bicyclic) bond motifs is 2. The molecule has 1 saturated heterocycles. The predicted molar refractivity (Wildman–Crippen MR) is 278 cm³/mol. The highest BCUT2D eigenvalue weighted by atomic mass is 19.3. The van der Waals surface area contributed by atoms with Crippen LogP contribution in [-0.4, -0.2) is 89.5 Å². The van der Waals surface area contributed by atoms with Gasteiger partial charge in [-0.3, -0.25) is 33.2 Å². The Hall–Kier alpha value is -8.32. The van der Waals surface area contributed by atoms with E-state index in [-0.39, 0.29) is 78.2 Å². The molecule has 0 bridgehead atoms. The van der Waals surface area contributed by atoms with Crippen molar-refractivity contribution in [2.24, 2.45) is 7.05 Å². The molecule has 392 valence electrons. The number of halogens is 2. The number of anilines is 1. The first-order chi connectivity index (χ1) is 36.5. The van der Waals surface area contributed by atoms with Gasteiger partial charge in [0.05, 0.1) is 35.3 Å². The van der Waals surface area contributed by atoms with Gasteiger partial charge < -0.3 is 35.4 Å². The van der Waals surface area contributed by atoms with E-state index < -0.39 is 17.3 Å². The van der Waals surface area contributed by atoms with Crippen LogP contribution in [0.5, 0.6) is 11.5 Å². The average Bonchev–Trinajstić information content (AvgIpc) is 4.16. The van der Waals surface area contributed by atoms with Crippen LogP contribution in [0.4, 0.5) is 14.6 Å². The molecule has 0 spiro atoms. The van der Waals surface area contributed by atoms with Crippen molar-refractivity contribution in [1.82, 2.24) is 39.8 Å². The molecule has 10 rings (SSSR count). The summed E-state index contributed by atoms with van der Waals surface area (Å²) < 4.78 is 39.4. The number of nitrogens with one attached hydrogen (secondary N) is 3. The van der Waals surface area contributed by atoms with Gasteiger partial charge in [0.2, 0.25) is 17.7 Å². The average molecular weight is 1030 g/mol. The highest BCUT2D eigenvalue weighted by molar-refractivity contribution is 6.01. The smallest absolute Gasteiger partial charge is 0.395 e. The Labute approximate surface area is 436 Å². The molecule has 4 aromatic carbocycles. The van der Waals surface area contributed by atoms with Gasteiger partial charge in [0.15, 0.2) is 17.0 Å². The third-order valence-electron chi connectivity index (χ3n) is 14.6. The summed E-state index contributed by atoms with van der Waals surface area (Å²) in [6, 6.07) is 32.3. The number of rotatable bonds is 17. The summed E-state index contributed by atoms with van der Waals surface area (Å²) in [5.41, 5.74) is 4.44. The Morgan fingerprint density at radius 2 is 1.58 bits per heavy atom. The quantitative estimate of drug-likeness (QED) is 0.0655. The van der Waals surface area contributed by atoms with Gasteiger partial charge in [-0.05, 0) is 97.5 Å². The lowest BCUT2D eigenvalue weighted by atomic mass is 9.90. The molecule has 17 nitrogen and oxygen atoms in total. The number of benzene rings is 4. The van der Waals surface area contributed by atoms with E-state index >= 15 is 0 Å². The standard InChI is InChI=1S/C57H57F2N9O8/c1-35-14-21-45(64-54(73)56(22-23-56)42-19-20-43-44(31-42)76-57(58,59)75-43)63-48(35)40-11-7-12-41(30-40)52(71)60-26-8-13-46(69)61-32-37-15-17-39(18-16-37)51-49-50(65-66(51)3)53(72)68(34-62-49)33-55(74)24-27-67(28-25-55)47(70)29-36(2)38-9-5-4-6-10-38/h4-7,9-12,14-21,30-31,34,36,74H,8,13,22-29,32-33H2,1-3H3,(H,60,71)(H,61,69)(H,63,64,73)/t36-/m1/s1. The van der Waals surface area contributed by atoms with Crippen molar-refractivity contribution < 1.29 is 42.5 Å². The van der Waals surface area contributed by atoms with Crippen molar-refractivity contribution in [3.63, 3.8) is 0 Å². The molecule has 4 N–H and O–H groups in total. The molecular weight excluding hydrogens is 977 g/mol. The van der Waals surface area contributed by atoms with Crippen LogP contribution in [0.2, 0.25) is 0 Å². The molecule has 1 atom stereocenters. The largest absolute Gasteiger partial charge is 0.586 e. The zero-order chi connectivity index (χ0) is 53.4. The maximum Gasteiger partial charge on any atom is 0.586 e. The third-order valence-corrected chi connectivity index (χ3v) is 14.6.